The summed E-state index contributed by atoms with van der Waals surface area (Å²) in [5.41, 5.74) is 1.88. The van der Waals surface area contributed by atoms with Gasteiger partial charge in [0.1, 0.15) is 4.90 Å². The zero-order valence-electron chi connectivity index (χ0n) is 12.6. The van der Waals surface area contributed by atoms with Crippen LogP contribution in [-0.2, 0) is 17.1 Å². The zero-order chi connectivity index (χ0) is 15.8. The number of nitrogens with zero attached hydrogens (tertiary/aromatic N) is 3. The third-order valence-electron chi connectivity index (χ3n) is 3.33. The molecule has 0 aliphatic heterocycles. The van der Waals surface area contributed by atoms with Gasteiger partial charge in [-0.15, -0.1) is 11.3 Å². The molecule has 2 aromatic rings. The molecule has 0 fully saturated rings. The molecular formula is C12H19N5O2S2. The van der Waals surface area contributed by atoms with E-state index in [4.69, 9.17) is 0 Å². The van der Waals surface area contributed by atoms with Crippen molar-refractivity contribution in [2.24, 2.45) is 7.05 Å². The van der Waals surface area contributed by atoms with Gasteiger partial charge in [0, 0.05) is 18.5 Å². The molecule has 2 heterocycles. The lowest BCUT2D eigenvalue weighted by Gasteiger charge is -2.07. The smallest absolute Gasteiger partial charge is 0.267 e. The molecule has 0 saturated carbocycles. The molecule has 7 nitrogen and oxygen atoms in total. The number of rotatable bonds is 5. The van der Waals surface area contributed by atoms with E-state index in [1.54, 1.807) is 25.6 Å². The second-order valence-corrected chi connectivity index (χ2v) is 7.29. The minimum absolute atomic E-state index is 0.0707. The van der Waals surface area contributed by atoms with Crippen molar-refractivity contribution in [3.8, 4) is 0 Å². The van der Waals surface area contributed by atoms with Gasteiger partial charge in [-0.3, -0.25) is 9.40 Å². The molecule has 2 aromatic heterocycles. The second-order valence-electron chi connectivity index (χ2n) is 4.82. The van der Waals surface area contributed by atoms with Crippen molar-refractivity contribution in [2.75, 3.05) is 11.8 Å². The van der Waals surface area contributed by atoms with Gasteiger partial charge >= 0.3 is 0 Å². The van der Waals surface area contributed by atoms with Gasteiger partial charge in [-0.25, -0.2) is 13.4 Å². The molecule has 21 heavy (non-hydrogen) atoms. The highest BCUT2D eigenvalue weighted by Gasteiger charge is 2.25. The van der Waals surface area contributed by atoms with Crippen LogP contribution in [0.4, 0.5) is 5.13 Å². The second kappa shape index (κ2) is 5.74. The number of nitrogens with one attached hydrogen (secondary N) is 2. The summed E-state index contributed by atoms with van der Waals surface area (Å²) in [6.45, 7) is 5.37. The first-order chi connectivity index (χ1) is 9.76. The van der Waals surface area contributed by atoms with Crippen LogP contribution in [0.2, 0.25) is 0 Å². The number of aryl methyl sites for hydroxylation is 2. The number of sulfonamides is 1. The quantitative estimate of drug-likeness (QED) is 0.869. The fourth-order valence-corrected chi connectivity index (χ4v) is 4.49. The summed E-state index contributed by atoms with van der Waals surface area (Å²) in [6.07, 6.45) is 0. The Morgan fingerprint density at radius 1 is 1.38 bits per heavy atom. The molecule has 0 aliphatic carbocycles. The van der Waals surface area contributed by atoms with Crippen molar-refractivity contribution >= 4 is 26.5 Å². The first kappa shape index (κ1) is 15.9. The van der Waals surface area contributed by atoms with Crippen molar-refractivity contribution in [2.45, 2.75) is 31.7 Å². The maximum atomic E-state index is 12.5. The SMILES string of the molecule is CNC(C)c1csc(NS(=O)(=O)c2c(C)nn(C)c2C)n1. The largest absolute Gasteiger partial charge is 0.312 e. The highest BCUT2D eigenvalue weighted by Crippen LogP contribution is 2.25. The Balaban J connectivity index is 2.31. The highest BCUT2D eigenvalue weighted by atomic mass is 32.2. The molecule has 1 atom stereocenters. The monoisotopic (exact) mass is 329 g/mol. The average Bonchev–Trinajstić information content (AvgIpc) is 2.94. The summed E-state index contributed by atoms with van der Waals surface area (Å²) < 4.78 is 29.1. The van der Waals surface area contributed by atoms with Crippen LogP contribution < -0.4 is 10.0 Å². The van der Waals surface area contributed by atoms with E-state index in [0.29, 0.717) is 16.5 Å². The standard InChI is InChI=1S/C12H19N5O2S2/c1-7(13-4)10-6-20-12(14-10)16-21(18,19)11-8(2)15-17(5)9(11)3/h6-7,13H,1-5H3,(H,14,16). The molecule has 0 bridgehead atoms. The topological polar surface area (TPSA) is 88.9 Å². The van der Waals surface area contributed by atoms with E-state index in [2.05, 4.69) is 20.1 Å². The fraction of sp³-hybridized carbons (Fsp3) is 0.500. The molecule has 2 N–H and O–H groups in total. The summed E-state index contributed by atoms with van der Waals surface area (Å²) in [7, 11) is -0.129. The molecule has 0 radical (unpaired) electrons. The van der Waals surface area contributed by atoms with Crippen LogP contribution in [0.5, 0.6) is 0 Å². The van der Waals surface area contributed by atoms with Gasteiger partial charge in [0.2, 0.25) is 0 Å². The van der Waals surface area contributed by atoms with Crippen LogP contribution >= 0.6 is 11.3 Å². The lowest BCUT2D eigenvalue weighted by molar-refractivity contribution is 0.599. The molecule has 0 aliphatic rings. The Morgan fingerprint density at radius 2 is 2.05 bits per heavy atom. The summed E-state index contributed by atoms with van der Waals surface area (Å²) in [4.78, 5) is 4.51. The Kier molecular flexibility index (Phi) is 4.35. The Hall–Kier alpha value is -1.45. The molecule has 116 valence electrons. The van der Waals surface area contributed by atoms with Crippen LogP contribution in [0.25, 0.3) is 0 Å². The zero-order valence-corrected chi connectivity index (χ0v) is 14.3. The number of thiazole rings is 1. The third kappa shape index (κ3) is 3.09. The molecule has 0 aromatic carbocycles. The van der Waals surface area contributed by atoms with E-state index in [9.17, 15) is 8.42 Å². The number of hydrogen-bond donors (Lipinski definition) is 2. The third-order valence-corrected chi connectivity index (χ3v) is 5.83. The number of anilines is 1. The lowest BCUT2D eigenvalue weighted by atomic mass is 10.3. The van der Waals surface area contributed by atoms with Gasteiger partial charge in [-0.1, -0.05) is 0 Å². The maximum Gasteiger partial charge on any atom is 0.267 e. The maximum absolute atomic E-state index is 12.5. The Bertz CT molecular complexity index is 748. The molecule has 1 unspecified atom stereocenters. The fourth-order valence-electron chi connectivity index (χ4n) is 1.99. The van der Waals surface area contributed by atoms with Crippen molar-refractivity contribution in [3.05, 3.63) is 22.5 Å². The number of hydrogen-bond acceptors (Lipinski definition) is 6. The van der Waals surface area contributed by atoms with E-state index in [1.807, 2.05) is 19.4 Å². The van der Waals surface area contributed by atoms with E-state index in [-0.39, 0.29) is 10.9 Å². The van der Waals surface area contributed by atoms with Gasteiger partial charge in [-0.05, 0) is 27.8 Å². The van der Waals surface area contributed by atoms with Crippen LogP contribution in [0, 0.1) is 13.8 Å². The predicted molar refractivity (Wildman–Crippen MR) is 83.1 cm³/mol. The Morgan fingerprint density at radius 3 is 2.57 bits per heavy atom. The molecule has 0 spiro atoms. The van der Waals surface area contributed by atoms with Crippen LogP contribution in [0.3, 0.4) is 0 Å². The van der Waals surface area contributed by atoms with Gasteiger partial charge < -0.3 is 5.32 Å². The first-order valence-electron chi connectivity index (χ1n) is 6.42. The van der Waals surface area contributed by atoms with Crippen LogP contribution in [0.15, 0.2) is 10.3 Å². The normalized spacial score (nSPS) is 13.4. The number of aromatic nitrogens is 3. The van der Waals surface area contributed by atoms with Gasteiger partial charge in [0.05, 0.1) is 17.1 Å². The molecule has 0 saturated heterocycles. The van der Waals surface area contributed by atoms with Crippen molar-refractivity contribution in [3.63, 3.8) is 0 Å². The van der Waals surface area contributed by atoms with E-state index in [1.165, 1.54) is 11.3 Å². The molecule has 2 rings (SSSR count). The van der Waals surface area contributed by atoms with Crippen molar-refractivity contribution in [1.29, 1.82) is 0 Å². The molecular weight excluding hydrogens is 310 g/mol. The van der Waals surface area contributed by atoms with Gasteiger partial charge in [0.25, 0.3) is 10.0 Å². The average molecular weight is 329 g/mol. The summed E-state index contributed by atoms with van der Waals surface area (Å²) in [5.74, 6) is 0. The van der Waals surface area contributed by atoms with E-state index >= 15 is 0 Å². The van der Waals surface area contributed by atoms with Crippen LogP contribution in [-0.4, -0.2) is 30.2 Å². The van der Waals surface area contributed by atoms with Crippen molar-refractivity contribution < 1.29 is 8.42 Å². The van der Waals surface area contributed by atoms with E-state index < -0.39 is 10.0 Å². The lowest BCUT2D eigenvalue weighted by Crippen LogP contribution is -2.16. The summed E-state index contributed by atoms with van der Waals surface area (Å²) in [5, 5.41) is 9.39. The van der Waals surface area contributed by atoms with Gasteiger partial charge in [-0.2, -0.15) is 5.10 Å². The summed E-state index contributed by atoms with van der Waals surface area (Å²) >= 11 is 1.26. The summed E-state index contributed by atoms with van der Waals surface area (Å²) in [6, 6.07) is 0.0707. The van der Waals surface area contributed by atoms with Crippen LogP contribution in [0.1, 0.15) is 30.0 Å². The first-order valence-corrected chi connectivity index (χ1v) is 8.78. The van der Waals surface area contributed by atoms with Crippen molar-refractivity contribution in [1.82, 2.24) is 20.1 Å². The Labute approximate surface area is 128 Å². The molecule has 0 amide bonds. The van der Waals surface area contributed by atoms with E-state index in [0.717, 1.165) is 5.69 Å². The molecule has 9 heteroatoms. The predicted octanol–water partition coefficient (Wildman–Crippen LogP) is 1.57. The van der Waals surface area contributed by atoms with Gasteiger partial charge in [0.15, 0.2) is 5.13 Å². The minimum atomic E-state index is -3.68. The minimum Gasteiger partial charge on any atom is -0.312 e. The highest BCUT2D eigenvalue weighted by molar-refractivity contribution is 7.93.